The molecule has 58 heavy (non-hydrogen) atoms. The zero-order chi connectivity index (χ0) is 39.5. The van der Waals surface area contributed by atoms with Gasteiger partial charge in [0.05, 0.1) is 0 Å². The summed E-state index contributed by atoms with van der Waals surface area (Å²) in [5.41, 5.74) is 7.98. The first-order chi connectivity index (χ1) is 28.5. The van der Waals surface area contributed by atoms with E-state index in [4.69, 9.17) is 9.47 Å². The lowest BCUT2D eigenvalue weighted by Gasteiger charge is -2.10. The molecule has 0 N–H and O–H groups in total. The fourth-order valence-electron chi connectivity index (χ4n) is 6.13. The van der Waals surface area contributed by atoms with E-state index in [1.165, 1.54) is 0 Å². The van der Waals surface area contributed by atoms with Crippen LogP contribution < -0.4 is 9.47 Å². The fourth-order valence-corrected chi connectivity index (χ4v) is 6.13. The first-order valence-corrected chi connectivity index (χ1v) is 18.7. The van der Waals surface area contributed by atoms with E-state index in [9.17, 15) is 9.59 Å². The molecule has 0 radical (unpaired) electrons. The van der Waals surface area contributed by atoms with Crippen molar-refractivity contribution >= 4 is 11.6 Å². The average molecular weight is 747 g/mol. The second kappa shape index (κ2) is 17.5. The zero-order valence-electron chi connectivity index (χ0n) is 31.3. The van der Waals surface area contributed by atoms with E-state index < -0.39 is 0 Å². The Bertz CT molecular complexity index is 2580. The highest BCUT2D eigenvalue weighted by Gasteiger charge is 2.11. The van der Waals surface area contributed by atoms with Gasteiger partial charge in [0.2, 0.25) is 0 Å². The van der Waals surface area contributed by atoms with E-state index >= 15 is 0 Å². The number of hydrogen-bond acceptors (Lipinski definition) is 4. The zero-order valence-corrected chi connectivity index (χ0v) is 31.3. The van der Waals surface area contributed by atoms with Crippen molar-refractivity contribution in [2.75, 3.05) is 0 Å². The minimum absolute atomic E-state index is 0.0659. The molecule has 8 rings (SSSR count). The molecule has 4 nitrogen and oxygen atoms in total. The predicted octanol–water partition coefficient (Wildman–Crippen LogP) is 12.2. The monoisotopic (exact) mass is 746 g/mol. The molecule has 0 aromatic heterocycles. The van der Waals surface area contributed by atoms with Crippen molar-refractivity contribution < 1.29 is 19.1 Å². The van der Waals surface area contributed by atoms with Crippen LogP contribution in [0.5, 0.6) is 23.0 Å². The SMILES string of the molecule is O=C(c1ccc(C#Cc2ccccc2)cc1)c1ccc(Oc2ccc(-c3ccc(Oc4ccc(C(=O)c5ccc(C#Cc6ccccc6)cc5)cc4)cc3)cc2)cc1. The molecule has 274 valence electrons. The molecule has 8 aromatic carbocycles. The highest BCUT2D eigenvalue weighted by atomic mass is 16.5. The summed E-state index contributed by atoms with van der Waals surface area (Å²) in [4.78, 5) is 26.2. The summed E-state index contributed by atoms with van der Waals surface area (Å²) in [5, 5.41) is 0. The van der Waals surface area contributed by atoms with Gasteiger partial charge in [-0.25, -0.2) is 0 Å². The molecule has 0 heterocycles. The largest absolute Gasteiger partial charge is 0.457 e. The first kappa shape index (κ1) is 36.8. The summed E-state index contributed by atoms with van der Waals surface area (Å²) in [5.74, 6) is 15.1. The van der Waals surface area contributed by atoms with Crippen molar-refractivity contribution in [2.45, 2.75) is 0 Å². The van der Waals surface area contributed by atoms with E-state index in [1.54, 1.807) is 72.8 Å². The maximum absolute atomic E-state index is 13.1. The summed E-state index contributed by atoms with van der Waals surface area (Å²) in [7, 11) is 0. The first-order valence-electron chi connectivity index (χ1n) is 18.7. The summed E-state index contributed by atoms with van der Waals surface area (Å²) >= 11 is 0. The van der Waals surface area contributed by atoms with Gasteiger partial charge in [0.1, 0.15) is 23.0 Å². The third kappa shape index (κ3) is 9.36. The molecule has 0 amide bonds. The Morgan fingerprint density at radius 2 is 0.517 bits per heavy atom. The van der Waals surface area contributed by atoms with Gasteiger partial charge in [0, 0.05) is 44.5 Å². The van der Waals surface area contributed by atoms with Crippen molar-refractivity contribution in [2.24, 2.45) is 0 Å². The van der Waals surface area contributed by atoms with Gasteiger partial charge in [0.25, 0.3) is 0 Å². The van der Waals surface area contributed by atoms with E-state index in [0.717, 1.165) is 33.4 Å². The van der Waals surface area contributed by atoms with Crippen LogP contribution >= 0.6 is 0 Å². The van der Waals surface area contributed by atoms with Gasteiger partial charge in [-0.3, -0.25) is 9.59 Å². The number of carbonyl (C=O) groups is 2. The number of carbonyl (C=O) groups excluding carboxylic acids is 2. The van der Waals surface area contributed by atoms with Gasteiger partial charge < -0.3 is 9.47 Å². The maximum Gasteiger partial charge on any atom is 0.193 e. The molecule has 8 aromatic rings. The number of rotatable bonds is 9. The minimum atomic E-state index is -0.0659. The second-order valence-electron chi connectivity index (χ2n) is 13.3. The average Bonchev–Trinajstić information content (AvgIpc) is 3.29. The Balaban J connectivity index is 0.826. The van der Waals surface area contributed by atoms with Crippen LogP contribution in [0, 0.1) is 23.7 Å². The molecule has 0 fully saturated rings. The quantitative estimate of drug-likeness (QED) is 0.109. The van der Waals surface area contributed by atoms with Crippen molar-refractivity contribution in [3.05, 3.63) is 251 Å². The molecule has 0 atom stereocenters. The Kier molecular flexibility index (Phi) is 11.1. The molecule has 0 aliphatic rings. The van der Waals surface area contributed by atoms with Crippen LogP contribution in [0.3, 0.4) is 0 Å². The molecule has 0 bridgehead atoms. The van der Waals surface area contributed by atoms with E-state index in [1.807, 2.05) is 133 Å². The van der Waals surface area contributed by atoms with Crippen molar-refractivity contribution in [1.82, 2.24) is 0 Å². The lowest BCUT2D eigenvalue weighted by atomic mass is 10.0. The smallest absolute Gasteiger partial charge is 0.193 e. The molecule has 0 saturated carbocycles. The third-order valence-electron chi connectivity index (χ3n) is 9.29. The minimum Gasteiger partial charge on any atom is -0.457 e. The van der Waals surface area contributed by atoms with Gasteiger partial charge in [-0.2, -0.15) is 0 Å². The van der Waals surface area contributed by atoms with Gasteiger partial charge in [-0.15, -0.1) is 0 Å². The number of benzene rings is 8. The highest BCUT2D eigenvalue weighted by molar-refractivity contribution is 6.09. The van der Waals surface area contributed by atoms with Gasteiger partial charge >= 0.3 is 0 Å². The number of ketones is 2. The second-order valence-corrected chi connectivity index (χ2v) is 13.3. The normalized spacial score (nSPS) is 10.3. The molecule has 0 aliphatic carbocycles. The lowest BCUT2D eigenvalue weighted by Crippen LogP contribution is -2.01. The van der Waals surface area contributed by atoms with Crippen molar-refractivity contribution in [3.8, 4) is 57.8 Å². The molecule has 0 saturated heterocycles. The van der Waals surface area contributed by atoms with Crippen molar-refractivity contribution in [1.29, 1.82) is 0 Å². The molecular formula is C54H34O4. The number of hydrogen-bond donors (Lipinski definition) is 0. The van der Waals surface area contributed by atoms with Crippen LogP contribution in [0.2, 0.25) is 0 Å². The van der Waals surface area contributed by atoms with Gasteiger partial charge in [-0.1, -0.05) is 84.3 Å². The Morgan fingerprint density at radius 3 is 0.810 bits per heavy atom. The molecule has 0 aliphatic heterocycles. The van der Waals surface area contributed by atoms with Crippen LogP contribution in [0.25, 0.3) is 11.1 Å². The summed E-state index contributed by atoms with van der Waals surface area (Å²) in [6.07, 6.45) is 0. The van der Waals surface area contributed by atoms with Gasteiger partial charge in [-0.05, 0) is 157 Å². The van der Waals surface area contributed by atoms with Crippen LogP contribution in [0.15, 0.2) is 206 Å². The standard InChI is InChI=1S/C54H34O4/c55-53(45-19-15-41(16-20-45)13-11-39-7-3-1-4-8-39)47-27-35-51(36-28-47)57-49-31-23-43(24-32-49)44-25-33-50(34-26-44)58-52-37-29-48(30-38-52)54(56)46-21-17-42(18-22-46)14-12-40-9-5-2-6-10-40/h1-10,15-38H. The van der Waals surface area contributed by atoms with Crippen LogP contribution in [0.4, 0.5) is 0 Å². The Hall–Kier alpha value is -8.18. The molecule has 0 spiro atoms. The highest BCUT2D eigenvalue weighted by Crippen LogP contribution is 2.29. The van der Waals surface area contributed by atoms with Crippen LogP contribution in [-0.4, -0.2) is 11.6 Å². The molecule has 0 unspecified atom stereocenters. The number of ether oxygens (including phenoxy) is 2. The maximum atomic E-state index is 13.1. The van der Waals surface area contributed by atoms with Crippen LogP contribution in [0.1, 0.15) is 54.1 Å². The lowest BCUT2D eigenvalue weighted by molar-refractivity contribution is 0.103. The Morgan fingerprint density at radius 1 is 0.276 bits per heavy atom. The Labute approximate surface area is 338 Å². The van der Waals surface area contributed by atoms with E-state index in [0.29, 0.717) is 45.3 Å². The summed E-state index contributed by atoms with van der Waals surface area (Å²) in [6.45, 7) is 0. The van der Waals surface area contributed by atoms with Crippen LogP contribution in [-0.2, 0) is 0 Å². The van der Waals surface area contributed by atoms with Crippen molar-refractivity contribution in [3.63, 3.8) is 0 Å². The van der Waals surface area contributed by atoms with E-state index in [2.05, 4.69) is 23.7 Å². The molecule has 4 heteroatoms. The summed E-state index contributed by atoms with van der Waals surface area (Å²) < 4.78 is 12.2. The summed E-state index contributed by atoms with van der Waals surface area (Å²) in [6, 6.07) is 64.2. The predicted molar refractivity (Wildman–Crippen MR) is 230 cm³/mol. The topological polar surface area (TPSA) is 52.6 Å². The fraction of sp³-hybridized carbons (Fsp3) is 0. The molecular weight excluding hydrogens is 713 g/mol. The van der Waals surface area contributed by atoms with Gasteiger partial charge in [0.15, 0.2) is 11.6 Å². The van der Waals surface area contributed by atoms with E-state index in [-0.39, 0.29) is 11.6 Å². The third-order valence-corrected chi connectivity index (χ3v) is 9.29.